The number of benzene rings is 1. The predicted octanol–water partition coefficient (Wildman–Crippen LogP) is 1.58. The highest BCUT2D eigenvalue weighted by atomic mass is 32.2. The van der Waals surface area contributed by atoms with Crippen LogP contribution in [0.15, 0.2) is 23.1 Å². The summed E-state index contributed by atoms with van der Waals surface area (Å²) in [6, 6.07) is 4.23. The van der Waals surface area contributed by atoms with Crippen LogP contribution in [-0.4, -0.2) is 16.8 Å². The molecule has 0 aliphatic carbocycles. The van der Waals surface area contributed by atoms with Gasteiger partial charge >= 0.3 is 5.97 Å². The first-order valence-electron chi connectivity index (χ1n) is 3.49. The van der Waals surface area contributed by atoms with Crippen LogP contribution in [0, 0.1) is 5.82 Å². The summed E-state index contributed by atoms with van der Waals surface area (Å²) >= 11 is 1.06. The highest BCUT2D eigenvalue weighted by Gasteiger charge is 2.02. The number of carboxylic acid groups (broad SMARTS) is 1. The molecule has 1 aromatic carbocycles. The molecule has 0 aliphatic rings. The number of hydrogen-bond donors (Lipinski definition) is 2. The summed E-state index contributed by atoms with van der Waals surface area (Å²) in [5.41, 5.74) is 5.31. The zero-order valence-corrected chi connectivity index (χ0v) is 7.47. The third-order valence-electron chi connectivity index (χ3n) is 1.33. The van der Waals surface area contributed by atoms with Crippen molar-refractivity contribution in [2.24, 2.45) is 0 Å². The van der Waals surface area contributed by atoms with E-state index in [2.05, 4.69) is 0 Å². The number of thioether (sulfide) groups is 1. The number of nitrogen functional groups attached to an aromatic ring is 1. The number of aliphatic carboxylic acids is 1. The van der Waals surface area contributed by atoms with Crippen molar-refractivity contribution in [3.8, 4) is 0 Å². The van der Waals surface area contributed by atoms with Crippen LogP contribution in [0.2, 0.25) is 0 Å². The Hall–Kier alpha value is -1.23. The van der Waals surface area contributed by atoms with E-state index in [0.29, 0.717) is 4.90 Å². The van der Waals surface area contributed by atoms with Gasteiger partial charge in [0.25, 0.3) is 0 Å². The second-order valence-corrected chi connectivity index (χ2v) is 3.41. The van der Waals surface area contributed by atoms with E-state index < -0.39 is 11.8 Å². The maximum atomic E-state index is 12.8. The minimum Gasteiger partial charge on any atom is -0.481 e. The van der Waals surface area contributed by atoms with Gasteiger partial charge in [0, 0.05) is 4.90 Å². The Morgan fingerprint density at radius 1 is 1.62 bits per heavy atom. The van der Waals surface area contributed by atoms with Crippen LogP contribution in [0.4, 0.5) is 10.1 Å². The van der Waals surface area contributed by atoms with Gasteiger partial charge in [-0.1, -0.05) is 0 Å². The fourth-order valence-electron chi connectivity index (χ4n) is 0.743. The average molecular weight is 201 g/mol. The van der Waals surface area contributed by atoms with Crippen LogP contribution in [0.1, 0.15) is 0 Å². The zero-order chi connectivity index (χ0) is 9.84. The van der Waals surface area contributed by atoms with Crippen LogP contribution in [0.3, 0.4) is 0 Å². The van der Waals surface area contributed by atoms with E-state index in [4.69, 9.17) is 10.8 Å². The summed E-state index contributed by atoms with van der Waals surface area (Å²) < 4.78 is 12.8. The molecule has 13 heavy (non-hydrogen) atoms. The predicted molar refractivity (Wildman–Crippen MR) is 49.2 cm³/mol. The first-order chi connectivity index (χ1) is 6.09. The van der Waals surface area contributed by atoms with Crippen molar-refractivity contribution >= 4 is 23.4 Å². The Labute approximate surface area is 78.7 Å². The molecule has 70 valence electrons. The molecule has 5 heteroatoms. The van der Waals surface area contributed by atoms with Gasteiger partial charge in [-0.2, -0.15) is 0 Å². The maximum Gasteiger partial charge on any atom is 0.313 e. The van der Waals surface area contributed by atoms with Gasteiger partial charge in [0.1, 0.15) is 5.82 Å². The third kappa shape index (κ3) is 2.95. The fourth-order valence-corrected chi connectivity index (χ4v) is 1.38. The molecule has 1 rings (SSSR count). The molecule has 0 saturated carbocycles. The van der Waals surface area contributed by atoms with E-state index in [9.17, 15) is 9.18 Å². The number of halogens is 1. The lowest BCUT2D eigenvalue weighted by atomic mass is 10.3. The highest BCUT2D eigenvalue weighted by Crippen LogP contribution is 2.21. The number of carbonyl (C=O) groups is 1. The molecule has 1 aromatic rings. The number of rotatable bonds is 3. The standard InChI is InChI=1S/C8H8FNO2S/c9-6-3-5(1-2-7(6)10)13-4-8(11)12/h1-3H,4,10H2,(H,11,12). The number of nitrogens with two attached hydrogens (primary N) is 1. The van der Waals surface area contributed by atoms with Crippen molar-refractivity contribution in [1.82, 2.24) is 0 Å². The quantitative estimate of drug-likeness (QED) is 0.575. The van der Waals surface area contributed by atoms with Crippen molar-refractivity contribution in [2.45, 2.75) is 4.90 Å². The van der Waals surface area contributed by atoms with Crippen molar-refractivity contribution < 1.29 is 14.3 Å². The highest BCUT2D eigenvalue weighted by molar-refractivity contribution is 8.00. The van der Waals surface area contributed by atoms with E-state index in [-0.39, 0.29) is 11.4 Å². The van der Waals surface area contributed by atoms with Crippen LogP contribution < -0.4 is 5.73 Å². The lowest BCUT2D eigenvalue weighted by Crippen LogP contribution is -1.97. The molecule has 0 spiro atoms. The zero-order valence-electron chi connectivity index (χ0n) is 6.66. The van der Waals surface area contributed by atoms with Gasteiger partial charge in [-0.15, -0.1) is 11.8 Å². The van der Waals surface area contributed by atoms with E-state index in [1.54, 1.807) is 6.07 Å². The van der Waals surface area contributed by atoms with Gasteiger partial charge < -0.3 is 10.8 Å². The monoisotopic (exact) mass is 201 g/mol. The lowest BCUT2D eigenvalue weighted by Gasteiger charge is -2.00. The van der Waals surface area contributed by atoms with Crippen LogP contribution in [0.5, 0.6) is 0 Å². The van der Waals surface area contributed by atoms with Gasteiger partial charge in [-0.3, -0.25) is 4.79 Å². The van der Waals surface area contributed by atoms with Crippen LogP contribution in [-0.2, 0) is 4.79 Å². The Morgan fingerprint density at radius 2 is 2.31 bits per heavy atom. The lowest BCUT2D eigenvalue weighted by molar-refractivity contribution is -0.133. The first-order valence-corrected chi connectivity index (χ1v) is 4.48. The molecule has 0 aliphatic heterocycles. The smallest absolute Gasteiger partial charge is 0.313 e. The summed E-state index contributed by atoms with van der Waals surface area (Å²) in [6.07, 6.45) is 0. The van der Waals surface area contributed by atoms with Gasteiger partial charge in [-0.25, -0.2) is 4.39 Å². The Bertz CT molecular complexity index is 330. The van der Waals surface area contributed by atoms with Gasteiger partial charge in [0.15, 0.2) is 0 Å². The largest absolute Gasteiger partial charge is 0.481 e. The molecule has 0 atom stereocenters. The van der Waals surface area contributed by atoms with Crippen molar-refractivity contribution in [1.29, 1.82) is 0 Å². The normalized spacial score (nSPS) is 9.92. The number of anilines is 1. The molecule has 0 saturated heterocycles. The van der Waals surface area contributed by atoms with Gasteiger partial charge in [0.05, 0.1) is 11.4 Å². The van der Waals surface area contributed by atoms with Crippen molar-refractivity contribution in [3.63, 3.8) is 0 Å². The molecular weight excluding hydrogens is 193 g/mol. The average Bonchev–Trinajstić information content (AvgIpc) is 2.07. The summed E-state index contributed by atoms with van der Waals surface area (Å²) in [4.78, 5) is 10.7. The SMILES string of the molecule is Nc1ccc(SCC(=O)O)cc1F. The molecule has 0 unspecified atom stereocenters. The summed E-state index contributed by atoms with van der Waals surface area (Å²) in [5.74, 6) is -1.53. The number of carboxylic acids is 1. The molecule has 0 heterocycles. The molecule has 0 fully saturated rings. The maximum absolute atomic E-state index is 12.8. The third-order valence-corrected chi connectivity index (χ3v) is 2.31. The Kier molecular flexibility index (Phi) is 3.13. The molecule has 3 N–H and O–H groups in total. The summed E-state index contributed by atoms with van der Waals surface area (Å²) in [7, 11) is 0. The molecule has 0 radical (unpaired) electrons. The van der Waals surface area contributed by atoms with E-state index in [1.807, 2.05) is 0 Å². The Balaban J connectivity index is 2.68. The second kappa shape index (κ2) is 4.13. The topological polar surface area (TPSA) is 63.3 Å². The van der Waals surface area contributed by atoms with Crippen molar-refractivity contribution in [3.05, 3.63) is 24.0 Å². The molecule has 0 amide bonds. The van der Waals surface area contributed by atoms with Crippen LogP contribution >= 0.6 is 11.8 Å². The molecular formula is C8H8FNO2S. The first kappa shape index (κ1) is 9.85. The van der Waals surface area contributed by atoms with E-state index >= 15 is 0 Å². The van der Waals surface area contributed by atoms with E-state index in [1.165, 1.54) is 12.1 Å². The Morgan fingerprint density at radius 3 is 2.85 bits per heavy atom. The second-order valence-electron chi connectivity index (χ2n) is 2.37. The summed E-state index contributed by atoms with van der Waals surface area (Å²) in [5, 5.41) is 8.36. The minimum absolute atomic E-state index is 0.0691. The number of hydrogen-bond acceptors (Lipinski definition) is 3. The molecule has 0 bridgehead atoms. The van der Waals surface area contributed by atoms with E-state index in [0.717, 1.165) is 11.8 Å². The van der Waals surface area contributed by atoms with Crippen molar-refractivity contribution in [2.75, 3.05) is 11.5 Å². The fraction of sp³-hybridized carbons (Fsp3) is 0.125. The minimum atomic E-state index is -0.928. The van der Waals surface area contributed by atoms with Gasteiger partial charge in [0.2, 0.25) is 0 Å². The molecule has 0 aromatic heterocycles. The van der Waals surface area contributed by atoms with Crippen LogP contribution in [0.25, 0.3) is 0 Å². The summed E-state index contributed by atoms with van der Waals surface area (Å²) in [6.45, 7) is 0. The van der Waals surface area contributed by atoms with Gasteiger partial charge in [-0.05, 0) is 18.2 Å². The molecule has 3 nitrogen and oxygen atoms in total.